The van der Waals surface area contributed by atoms with Gasteiger partial charge in [-0.25, -0.2) is 0 Å². The molecule has 0 aliphatic carbocycles. The number of aldehydes is 1. The van der Waals surface area contributed by atoms with Crippen molar-refractivity contribution in [2.45, 2.75) is 46.0 Å². The fourth-order valence-electron chi connectivity index (χ4n) is 1.38. The lowest BCUT2D eigenvalue weighted by Crippen LogP contribution is -2.12. The molecule has 1 aromatic heterocycles. The van der Waals surface area contributed by atoms with Crippen LogP contribution >= 0.6 is 0 Å². The number of rotatable bonds is 2. The predicted octanol–water partition coefficient (Wildman–Crippen LogP) is 2.91. The quantitative estimate of drug-likeness (QED) is 0.681. The highest BCUT2D eigenvalue weighted by Crippen LogP contribution is 2.29. The van der Waals surface area contributed by atoms with Gasteiger partial charge in [0.15, 0.2) is 12.0 Å². The van der Waals surface area contributed by atoms with E-state index in [1.165, 1.54) is 0 Å². The standard InChI is InChI=1S/C11H17NO2/c1-7(2)9-8(6-13)10(14-12-9)11(3,4)5/h6-7H,1-5H3. The van der Waals surface area contributed by atoms with Gasteiger partial charge >= 0.3 is 0 Å². The van der Waals surface area contributed by atoms with Crippen molar-refractivity contribution in [1.82, 2.24) is 5.16 Å². The van der Waals surface area contributed by atoms with Crippen molar-refractivity contribution in [3.05, 3.63) is 17.0 Å². The second-order valence-corrected chi connectivity index (χ2v) is 4.83. The monoisotopic (exact) mass is 195 g/mol. The molecule has 0 aliphatic rings. The van der Waals surface area contributed by atoms with E-state index in [1.54, 1.807) is 0 Å². The van der Waals surface area contributed by atoms with Crippen LogP contribution in [-0.2, 0) is 5.41 Å². The lowest BCUT2D eigenvalue weighted by atomic mass is 9.89. The molecule has 78 valence electrons. The van der Waals surface area contributed by atoms with Gasteiger partial charge in [-0.2, -0.15) is 0 Å². The van der Waals surface area contributed by atoms with Crippen molar-refractivity contribution < 1.29 is 9.32 Å². The summed E-state index contributed by atoms with van der Waals surface area (Å²) in [5.41, 5.74) is 1.20. The predicted molar refractivity (Wildman–Crippen MR) is 54.7 cm³/mol. The molecule has 1 heterocycles. The van der Waals surface area contributed by atoms with Crippen LogP contribution < -0.4 is 0 Å². The third-order valence-electron chi connectivity index (χ3n) is 2.10. The van der Waals surface area contributed by atoms with E-state index < -0.39 is 0 Å². The summed E-state index contributed by atoms with van der Waals surface area (Å²) in [5.74, 6) is 0.895. The Morgan fingerprint density at radius 2 is 1.93 bits per heavy atom. The third-order valence-corrected chi connectivity index (χ3v) is 2.10. The Balaban J connectivity index is 3.28. The van der Waals surface area contributed by atoms with Crippen molar-refractivity contribution in [2.24, 2.45) is 0 Å². The molecule has 0 bridgehead atoms. The van der Waals surface area contributed by atoms with Crippen LogP contribution in [0.3, 0.4) is 0 Å². The van der Waals surface area contributed by atoms with Crippen molar-refractivity contribution in [3.8, 4) is 0 Å². The maximum atomic E-state index is 11.0. The van der Waals surface area contributed by atoms with Crippen LogP contribution in [0.1, 0.15) is 62.3 Å². The molecule has 0 saturated heterocycles. The summed E-state index contributed by atoms with van der Waals surface area (Å²) in [6, 6.07) is 0. The summed E-state index contributed by atoms with van der Waals surface area (Å²) in [4.78, 5) is 11.0. The smallest absolute Gasteiger partial charge is 0.155 e. The van der Waals surface area contributed by atoms with Crippen molar-refractivity contribution >= 4 is 6.29 Å². The maximum absolute atomic E-state index is 11.0. The molecule has 0 atom stereocenters. The fourth-order valence-corrected chi connectivity index (χ4v) is 1.38. The van der Waals surface area contributed by atoms with E-state index >= 15 is 0 Å². The molecule has 0 fully saturated rings. The first-order valence-corrected chi connectivity index (χ1v) is 4.83. The molecule has 3 nitrogen and oxygen atoms in total. The van der Waals surface area contributed by atoms with Gasteiger partial charge in [-0.3, -0.25) is 4.79 Å². The number of carbonyl (C=O) groups excluding carboxylic acids is 1. The lowest BCUT2D eigenvalue weighted by Gasteiger charge is -2.14. The molecule has 3 heteroatoms. The van der Waals surface area contributed by atoms with E-state index in [4.69, 9.17) is 4.52 Å². The molecular weight excluding hydrogens is 178 g/mol. The number of carbonyl (C=O) groups is 1. The van der Waals surface area contributed by atoms with Gasteiger partial charge in [0, 0.05) is 5.41 Å². The van der Waals surface area contributed by atoms with E-state index in [0.29, 0.717) is 11.3 Å². The van der Waals surface area contributed by atoms with Crippen LogP contribution in [-0.4, -0.2) is 11.4 Å². The Morgan fingerprint density at radius 1 is 1.36 bits per heavy atom. The summed E-state index contributed by atoms with van der Waals surface area (Å²) in [7, 11) is 0. The molecule has 0 amide bonds. The molecule has 1 rings (SSSR count). The fraction of sp³-hybridized carbons (Fsp3) is 0.636. The lowest BCUT2D eigenvalue weighted by molar-refractivity contribution is 0.111. The van der Waals surface area contributed by atoms with E-state index in [-0.39, 0.29) is 11.3 Å². The Morgan fingerprint density at radius 3 is 2.29 bits per heavy atom. The Bertz CT molecular complexity index is 332. The molecule has 0 aliphatic heterocycles. The molecule has 0 N–H and O–H groups in total. The van der Waals surface area contributed by atoms with Crippen LogP contribution in [0.4, 0.5) is 0 Å². The highest BCUT2D eigenvalue weighted by molar-refractivity contribution is 5.78. The first-order valence-electron chi connectivity index (χ1n) is 4.83. The zero-order valence-corrected chi connectivity index (χ0v) is 9.42. The van der Waals surface area contributed by atoms with Crippen LogP contribution in [0.2, 0.25) is 0 Å². The normalized spacial score (nSPS) is 12.1. The summed E-state index contributed by atoms with van der Waals surface area (Å²) in [5, 5.41) is 3.95. The van der Waals surface area contributed by atoms with Crippen molar-refractivity contribution in [3.63, 3.8) is 0 Å². The van der Waals surface area contributed by atoms with Crippen LogP contribution in [0.5, 0.6) is 0 Å². The largest absolute Gasteiger partial charge is 0.360 e. The molecular formula is C11H17NO2. The molecule has 0 radical (unpaired) electrons. The molecule has 0 aromatic carbocycles. The third kappa shape index (κ3) is 1.86. The van der Waals surface area contributed by atoms with Gasteiger partial charge in [-0.05, 0) is 5.92 Å². The molecule has 0 spiro atoms. The average Bonchev–Trinajstić information content (AvgIpc) is 2.45. The Kier molecular flexibility index (Phi) is 2.79. The minimum atomic E-state index is -0.170. The van der Waals surface area contributed by atoms with Gasteiger partial charge in [-0.1, -0.05) is 39.8 Å². The Labute approximate surface area is 84.5 Å². The van der Waals surface area contributed by atoms with Gasteiger partial charge in [0.1, 0.15) is 0 Å². The SMILES string of the molecule is CC(C)c1noc(C(C)(C)C)c1C=O. The summed E-state index contributed by atoms with van der Waals surface area (Å²) in [6.07, 6.45) is 0.840. The second-order valence-electron chi connectivity index (χ2n) is 4.83. The molecule has 0 saturated carbocycles. The highest BCUT2D eigenvalue weighted by atomic mass is 16.5. The number of aromatic nitrogens is 1. The minimum Gasteiger partial charge on any atom is -0.360 e. The highest BCUT2D eigenvalue weighted by Gasteiger charge is 2.27. The van der Waals surface area contributed by atoms with Gasteiger partial charge < -0.3 is 4.52 Å². The van der Waals surface area contributed by atoms with E-state index in [9.17, 15) is 4.79 Å². The first-order chi connectivity index (χ1) is 6.38. The topological polar surface area (TPSA) is 43.1 Å². The minimum absolute atomic E-state index is 0.170. The second kappa shape index (κ2) is 3.56. The molecule has 14 heavy (non-hydrogen) atoms. The van der Waals surface area contributed by atoms with Crippen LogP contribution in [0, 0.1) is 0 Å². The summed E-state index contributed by atoms with van der Waals surface area (Å²) in [6.45, 7) is 10.0. The van der Waals surface area contributed by atoms with E-state index in [1.807, 2.05) is 34.6 Å². The molecule has 1 aromatic rings. The van der Waals surface area contributed by atoms with Crippen molar-refractivity contribution in [1.29, 1.82) is 0 Å². The maximum Gasteiger partial charge on any atom is 0.155 e. The van der Waals surface area contributed by atoms with Gasteiger partial charge in [-0.15, -0.1) is 0 Å². The Hall–Kier alpha value is -1.12. The zero-order valence-electron chi connectivity index (χ0n) is 9.42. The number of hydrogen-bond acceptors (Lipinski definition) is 3. The van der Waals surface area contributed by atoms with Crippen LogP contribution in [0.15, 0.2) is 4.52 Å². The summed E-state index contributed by atoms with van der Waals surface area (Å²) >= 11 is 0. The van der Waals surface area contributed by atoms with Gasteiger partial charge in [0.05, 0.1) is 11.3 Å². The average molecular weight is 195 g/mol. The first kappa shape index (κ1) is 11.0. The van der Waals surface area contributed by atoms with E-state index in [2.05, 4.69) is 5.16 Å². The zero-order chi connectivity index (χ0) is 10.9. The summed E-state index contributed by atoms with van der Waals surface area (Å²) < 4.78 is 5.23. The molecule has 0 unspecified atom stereocenters. The number of hydrogen-bond donors (Lipinski definition) is 0. The van der Waals surface area contributed by atoms with E-state index in [0.717, 1.165) is 12.0 Å². The van der Waals surface area contributed by atoms with Gasteiger partial charge in [0.25, 0.3) is 0 Å². The van der Waals surface area contributed by atoms with Crippen molar-refractivity contribution in [2.75, 3.05) is 0 Å². The van der Waals surface area contributed by atoms with Crippen LogP contribution in [0.25, 0.3) is 0 Å². The number of nitrogens with zero attached hydrogens (tertiary/aromatic N) is 1. The van der Waals surface area contributed by atoms with Gasteiger partial charge in [0.2, 0.25) is 0 Å².